The Morgan fingerprint density at radius 1 is 1.29 bits per heavy atom. The summed E-state index contributed by atoms with van der Waals surface area (Å²) in [6.45, 7) is 0. The molecule has 0 saturated carbocycles. The summed E-state index contributed by atoms with van der Waals surface area (Å²) in [4.78, 5) is 22.0. The monoisotopic (exact) mass is 310 g/mol. The molecule has 0 aliphatic heterocycles. The Morgan fingerprint density at radius 3 is 2.67 bits per heavy atom. The van der Waals surface area contributed by atoms with E-state index in [9.17, 15) is 24.4 Å². The van der Waals surface area contributed by atoms with Crippen LogP contribution >= 0.6 is 11.6 Å². The van der Waals surface area contributed by atoms with Crippen molar-refractivity contribution in [2.75, 3.05) is 5.32 Å². The van der Waals surface area contributed by atoms with Crippen molar-refractivity contribution in [1.29, 1.82) is 0 Å². The van der Waals surface area contributed by atoms with E-state index in [1.165, 1.54) is 18.2 Å². The van der Waals surface area contributed by atoms with Crippen LogP contribution in [-0.2, 0) is 0 Å². The van der Waals surface area contributed by atoms with Crippen molar-refractivity contribution >= 4 is 28.9 Å². The van der Waals surface area contributed by atoms with Gasteiger partial charge in [-0.3, -0.25) is 14.9 Å². The molecule has 2 aromatic carbocycles. The average Bonchev–Trinajstić information content (AvgIpc) is 2.43. The van der Waals surface area contributed by atoms with Gasteiger partial charge in [-0.25, -0.2) is 4.39 Å². The lowest BCUT2D eigenvalue weighted by Gasteiger charge is -2.08. The summed E-state index contributed by atoms with van der Waals surface area (Å²) < 4.78 is 13.0. The first-order chi connectivity index (χ1) is 9.88. The molecule has 6 nitrogen and oxygen atoms in total. The number of rotatable bonds is 3. The van der Waals surface area contributed by atoms with E-state index in [4.69, 9.17) is 11.6 Å². The van der Waals surface area contributed by atoms with Crippen molar-refractivity contribution in [3.05, 3.63) is 62.9 Å². The van der Waals surface area contributed by atoms with Crippen LogP contribution in [0.4, 0.5) is 15.8 Å². The summed E-state index contributed by atoms with van der Waals surface area (Å²) in [5.41, 5.74) is -0.934. The molecular formula is C13H8ClFN2O4. The lowest BCUT2D eigenvalue weighted by atomic mass is 10.1. The second-order valence-corrected chi connectivity index (χ2v) is 4.47. The van der Waals surface area contributed by atoms with Gasteiger partial charge in [0.15, 0.2) is 0 Å². The zero-order chi connectivity index (χ0) is 15.6. The quantitative estimate of drug-likeness (QED) is 0.671. The number of hydrogen-bond acceptors (Lipinski definition) is 4. The van der Waals surface area contributed by atoms with Crippen molar-refractivity contribution in [2.24, 2.45) is 0 Å². The maximum absolute atomic E-state index is 13.0. The highest BCUT2D eigenvalue weighted by molar-refractivity contribution is 6.31. The predicted molar refractivity (Wildman–Crippen MR) is 74.1 cm³/mol. The second kappa shape index (κ2) is 5.76. The molecule has 0 heterocycles. The second-order valence-electron chi connectivity index (χ2n) is 4.03. The summed E-state index contributed by atoms with van der Waals surface area (Å²) in [5.74, 6) is -1.93. The Morgan fingerprint density at radius 2 is 2.00 bits per heavy atom. The molecule has 0 aromatic heterocycles. The molecular weight excluding hydrogens is 303 g/mol. The van der Waals surface area contributed by atoms with Crippen molar-refractivity contribution in [1.82, 2.24) is 0 Å². The number of nitro groups is 1. The number of phenolic OH excluding ortho intramolecular Hbond substituents is 1. The Hall–Kier alpha value is -2.67. The van der Waals surface area contributed by atoms with E-state index in [0.717, 1.165) is 12.1 Å². The highest BCUT2D eigenvalue weighted by Crippen LogP contribution is 2.27. The minimum absolute atomic E-state index is 0.152. The minimum atomic E-state index is -0.823. The summed E-state index contributed by atoms with van der Waals surface area (Å²) >= 11 is 5.72. The normalized spacial score (nSPS) is 10.2. The standard InChI is InChI=1S/C13H8ClFN2O4/c14-7-1-4-12(18)9(5-7)13(19)16-10-3-2-8(15)6-11(10)17(20)21/h1-6,18H,(H,16,19). The fraction of sp³-hybridized carbons (Fsp3) is 0. The first kappa shape index (κ1) is 14.7. The summed E-state index contributed by atoms with van der Waals surface area (Å²) in [6, 6.07) is 6.53. The molecule has 2 rings (SSSR count). The molecule has 0 unspecified atom stereocenters. The number of carbonyl (C=O) groups excluding carboxylic acids is 1. The van der Waals surface area contributed by atoms with E-state index < -0.39 is 22.3 Å². The van der Waals surface area contributed by atoms with Crippen molar-refractivity contribution < 1.29 is 19.2 Å². The fourth-order valence-corrected chi connectivity index (χ4v) is 1.81. The largest absolute Gasteiger partial charge is 0.507 e. The van der Waals surface area contributed by atoms with Gasteiger partial charge in [0.1, 0.15) is 17.3 Å². The molecule has 21 heavy (non-hydrogen) atoms. The van der Waals surface area contributed by atoms with E-state index in [1.807, 2.05) is 0 Å². The third-order valence-corrected chi connectivity index (χ3v) is 2.84. The smallest absolute Gasteiger partial charge is 0.295 e. The Balaban J connectivity index is 2.36. The SMILES string of the molecule is O=C(Nc1ccc(F)cc1[N+](=O)[O-])c1cc(Cl)ccc1O. The van der Waals surface area contributed by atoms with Crippen LogP contribution in [0, 0.1) is 15.9 Å². The van der Waals surface area contributed by atoms with Crippen molar-refractivity contribution in [2.45, 2.75) is 0 Å². The van der Waals surface area contributed by atoms with E-state index in [0.29, 0.717) is 6.07 Å². The van der Waals surface area contributed by atoms with Crippen molar-refractivity contribution in [3.63, 3.8) is 0 Å². The number of nitrogens with zero attached hydrogens (tertiary/aromatic N) is 1. The number of nitro benzene ring substituents is 1. The first-order valence-electron chi connectivity index (χ1n) is 5.62. The number of aromatic hydroxyl groups is 1. The summed E-state index contributed by atoms with van der Waals surface area (Å²) in [7, 11) is 0. The van der Waals surface area contributed by atoms with Gasteiger partial charge in [0.25, 0.3) is 11.6 Å². The van der Waals surface area contributed by atoms with Gasteiger partial charge in [-0.15, -0.1) is 0 Å². The first-order valence-corrected chi connectivity index (χ1v) is 6.00. The van der Waals surface area contributed by atoms with Gasteiger partial charge in [-0.05, 0) is 30.3 Å². The van der Waals surface area contributed by atoms with Crippen LogP contribution < -0.4 is 5.32 Å². The third kappa shape index (κ3) is 3.26. The molecule has 0 spiro atoms. The van der Waals surface area contributed by atoms with Crippen LogP contribution in [0.2, 0.25) is 5.02 Å². The Labute approximate surface area is 122 Å². The maximum Gasteiger partial charge on any atom is 0.295 e. The molecule has 108 valence electrons. The average molecular weight is 311 g/mol. The molecule has 2 aromatic rings. The van der Waals surface area contributed by atoms with Crippen LogP contribution in [0.5, 0.6) is 5.75 Å². The van der Waals surface area contributed by atoms with Crippen LogP contribution in [0.25, 0.3) is 0 Å². The Bertz CT molecular complexity index is 736. The number of benzene rings is 2. The predicted octanol–water partition coefficient (Wildman–Crippen LogP) is 3.35. The van der Waals surface area contributed by atoms with Gasteiger partial charge in [0.05, 0.1) is 16.6 Å². The van der Waals surface area contributed by atoms with Crippen LogP contribution in [0.1, 0.15) is 10.4 Å². The maximum atomic E-state index is 13.0. The number of phenols is 1. The molecule has 0 fully saturated rings. The Kier molecular flexibility index (Phi) is 4.04. The zero-order valence-corrected chi connectivity index (χ0v) is 11.1. The molecule has 0 saturated heterocycles. The highest BCUT2D eigenvalue weighted by Gasteiger charge is 2.19. The number of halogens is 2. The highest BCUT2D eigenvalue weighted by atomic mass is 35.5. The molecule has 0 atom stereocenters. The lowest BCUT2D eigenvalue weighted by Crippen LogP contribution is -2.13. The van der Waals surface area contributed by atoms with E-state index in [-0.39, 0.29) is 22.0 Å². The summed E-state index contributed by atoms with van der Waals surface area (Å²) in [5, 5.41) is 22.9. The van der Waals surface area contributed by atoms with Gasteiger partial charge < -0.3 is 10.4 Å². The van der Waals surface area contributed by atoms with Gasteiger partial charge in [0, 0.05) is 5.02 Å². The van der Waals surface area contributed by atoms with Crippen LogP contribution in [0.3, 0.4) is 0 Å². The number of carbonyl (C=O) groups is 1. The molecule has 0 aliphatic rings. The van der Waals surface area contributed by atoms with Gasteiger partial charge in [-0.1, -0.05) is 11.6 Å². The number of amides is 1. The fourth-order valence-electron chi connectivity index (χ4n) is 1.64. The van der Waals surface area contributed by atoms with Crippen molar-refractivity contribution in [3.8, 4) is 5.75 Å². The van der Waals surface area contributed by atoms with E-state index >= 15 is 0 Å². The molecule has 2 N–H and O–H groups in total. The number of hydrogen-bond donors (Lipinski definition) is 2. The molecule has 8 heteroatoms. The molecule has 0 aliphatic carbocycles. The van der Waals surface area contributed by atoms with Crippen LogP contribution in [0.15, 0.2) is 36.4 Å². The minimum Gasteiger partial charge on any atom is -0.507 e. The molecule has 0 bridgehead atoms. The van der Waals surface area contributed by atoms with E-state index in [1.54, 1.807) is 0 Å². The summed E-state index contributed by atoms with van der Waals surface area (Å²) in [6.07, 6.45) is 0. The van der Waals surface area contributed by atoms with Gasteiger partial charge in [0.2, 0.25) is 0 Å². The number of anilines is 1. The van der Waals surface area contributed by atoms with Gasteiger partial charge in [-0.2, -0.15) is 0 Å². The van der Waals surface area contributed by atoms with Gasteiger partial charge >= 0.3 is 0 Å². The number of nitrogens with one attached hydrogen (secondary N) is 1. The van der Waals surface area contributed by atoms with E-state index in [2.05, 4.69) is 5.32 Å². The lowest BCUT2D eigenvalue weighted by molar-refractivity contribution is -0.384. The zero-order valence-electron chi connectivity index (χ0n) is 10.3. The topological polar surface area (TPSA) is 92.5 Å². The van der Waals surface area contributed by atoms with Crippen LogP contribution in [-0.4, -0.2) is 15.9 Å². The molecule has 0 radical (unpaired) electrons. The molecule has 1 amide bonds. The third-order valence-electron chi connectivity index (χ3n) is 2.61.